The van der Waals surface area contributed by atoms with Gasteiger partial charge in [0.15, 0.2) is 0 Å². The van der Waals surface area contributed by atoms with E-state index in [1.807, 2.05) is 31.2 Å². The second-order valence-electron chi connectivity index (χ2n) is 3.65. The third kappa shape index (κ3) is 6.64. The first kappa shape index (κ1) is 17.8. The SMILES string of the molecule is CC(Sc1ccc(Br)cc1)C(=O)NCCCN.Cl. The summed E-state index contributed by atoms with van der Waals surface area (Å²) in [5.74, 6) is 0.0615. The Balaban J connectivity index is 0.00000289. The van der Waals surface area contributed by atoms with Crippen molar-refractivity contribution in [2.75, 3.05) is 13.1 Å². The predicted molar refractivity (Wildman–Crippen MR) is 83.4 cm³/mol. The maximum atomic E-state index is 11.7. The Labute approximate surface area is 127 Å². The van der Waals surface area contributed by atoms with Crippen LogP contribution in [0.25, 0.3) is 0 Å². The van der Waals surface area contributed by atoms with Crippen LogP contribution in [-0.4, -0.2) is 24.2 Å². The van der Waals surface area contributed by atoms with Gasteiger partial charge >= 0.3 is 0 Å². The van der Waals surface area contributed by atoms with Crippen LogP contribution in [0, 0.1) is 0 Å². The Morgan fingerprint density at radius 2 is 2.06 bits per heavy atom. The Hall–Kier alpha value is -0.230. The number of thioether (sulfide) groups is 1. The summed E-state index contributed by atoms with van der Waals surface area (Å²) in [5, 5.41) is 2.78. The van der Waals surface area contributed by atoms with E-state index in [2.05, 4.69) is 21.2 Å². The van der Waals surface area contributed by atoms with E-state index < -0.39 is 0 Å². The van der Waals surface area contributed by atoms with Crippen LogP contribution in [0.4, 0.5) is 0 Å². The van der Waals surface area contributed by atoms with Gasteiger partial charge in [-0.25, -0.2) is 0 Å². The molecule has 0 saturated carbocycles. The molecule has 102 valence electrons. The van der Waals surface area contributed by atoms with Crippen molar-refractivity contribution in [2.24, 2.45) is 5.73 Å². The number of nitrogens with one attached hydrogen (secondary N) is 1. The fourth-order valence-electron chi connectivity index (χ4n) is 1.23. The Bertz CT molecular complexity index is 362. The van der Waals surface area contributed by atoms with Crippen LogP contribution in [0.1, 0.15) is 13.3 Å². The van der Waals surface area contributed by atoms with Gasteiger partial charge in [-0.15, -0.1) is 24.2 Å². The summed E-state index contributed by atoms with van der Waals surface area (Å²) in [6.45, 7) is 3.17. The molecule has 6 heteroatoms. The van der Waals surface area contributed by atoms with Gasteiger partial charge < -0.3 is 11.1 Å². The molecule has 0 aliphatic heterocycles. The van der Waals surface area contributed by atoms with E-state index in [9.17, 15) is 4.79 Å². The van der Waals surface area contributed by atoms with Crippen LogP contribution in [0.3, 0.4) is 0 Å². The molecule has 3 nitrogen and oxygen atoms in total. The third-order valence-corrected chi connectivity index (χ3v) is 3.82. The van der Waals surface area contributed by atoms with Gasteiger partial charge in [0.25, 0.3) is 0 Å². The summed E-state index contributed by atoms with van der Waals surface area (Å²) in [6.07, 6.45) is 0.821. The maximum Gasteiger partial charge on any atom is 0.233 e. The minimum atomic E-state index is -0.0889. The molecular weight excluding hydrogens is 336 g/mol. The highest BCUT2D eigenvalue weighted by Crippen LogP contribution is 2.24. The molecule has 0 bridgehead atoms. The molecule has 1 aromatic rings. The van der Waals surface area contributed by atoms with Gasteiger partial charge in [0.1, 0.15) is 0 Å². The lowest BCUT2D eigenvalue weighted by atomic mass is 10.4. The van der Waals surface area contributed by atoms with E-state index in [-0.39, 0.29) is 23.6 Å². The van der Waals surface area contributed by atoms with Crippen LogP contribution in [-0.2, 0) is 4.79 Å². The topological polar surface area (TPSA) is 55.1 Å². The third-order valence-electron chi connectivity index (χ3n) is 2.18. The number of carbonyl (C=O) groups is 1. The van der Waals surface area contributed by atoms with Crippen molar-refractivity contribution in [1.82, 2.24) is 5.32 Å². The molecule has 1 unspecified atom stereocenters. The van der Waals surface area contributed by atoms with Crippen molar-refractivity contribution in [2.45, 2.75) is 23.5 Å². The molecule has 18 heavy (non-hydrogen) atoms. The fourth-order valence-corrected chi connectivity index (χ4v) is 2.38. The lowest BCUT2D eigenvalue weighted by molar-refractivity contribution is -0.120. The quantitative estimate of drug-likeness (QED) is 0.611. The molecule has 0 saturated heterocycles. The molecule has 0 fully saturated rings. The molecule has 0 spiro atoms. The van der Waals surface area contributed by atoms with Gasteiger partial charge in [-0.3, -0.25) is 4.79 Å². The Morgan fingerprint density at radius 1 is 1.44 bits per heavy atom. The summed E-state index contributed by atoms with van der Waals surface area (Å²) >= 11 is 4.94. The van der Waals surface area contributed by atoms with E-state index in [4.69, 9.17) is 5.73 Å². The molecule has 0 aliphatic rings. The molecule has 1 rings (SSSR count). The molecule has 1 atom stereocenters. The van der Waals surface area contributed by atoms with Gasteiger partial charge in [-0.1, -0.05) is 15.9 Å². The summed E-state index contributed by atoms with van der Waals surface area (Å²) in [7, 11) is 0. The zero-order chi connectivity index (χ0) is 12.7. The fraction of sp³-hybridized carbons (Fsp3) is 0.417. The van der Waals surface area contributed by atoms with Crippen molar-refractivity contribution in [3.05, 3.63) is 28.7 Å². The van der Waals surface area contributed by atoms with E-state index in [0.29, 0.717) is 13.1 Å². The lowest BCUT2D eigenvalue weighted by Crippen LogP contribution is -2.32. The molecule has 0 aliphatic carbocycles. The van der Waals surface area contributed by atoms with Crippen molar-refractivity contribution in [3.63, 3.8) is 0 Å². The standard InChI is InChI=1S/C12H17BrN2OS.ClH/c1-9(12(16)15-8-2-7-14)17-11-5-3-10(13)4-6-11;/h3-6,9H,2,7-8,14H2,1H3,(H,15,16);1H. The largest absolute Gasteiger partial charge is 0.355 e. The first-order chi connectivity index (χ1) is 8.13. The van der Waals surface area contributed by atoms with Crippen LogP contribution < -0.4 is 11.1 Å². The maximum absolute atomic E-state index is 11.7. The summed E-state index contributed by atoms with van der Waals surface area (Å²) < 4.78 is 1.04. The van der Waals surface area contributed by atoms with Gasteiger partial charge in [0, 0.05) is 15.9 Å². The van der Waals surface area contributed by atoms with Gasteiger partial charge in [0.05, 0.1) is 5.25 Å². The van der Waals surface area contributed by atoms with E-state index >= 15 is 0 Å². The highest BCUT2D eigenvalue weighted by Gasteiger charge is 2.13. The molecule has 3 N–H and O–H groups in total. The number of halogens is 2. The zero-order valence-corrected chi connectivity index (χ0v) is 13.4. The normalized spacial score (nSPS) is 11.5. The van der Waals surface area contributed by atoms with Crippen molar-refractivity contribution in [1.29, 1.82) is 0 Å². The lowest BCUT2D eigenvalue weighted by Gasteiger charge is -2.11. The zero-order valence-electron chi connectivity index (χ0n) is 10.2. The Kier molecular flexibility index (Phi) is 9.54. The predicted octanol–water partition coefficient (Wildman–Crippen LogP) is 2.82. The minimum absolute atomic E-state index is 0. The van der Waals surface area contributed by atoms with Crippen LogP contribution in [0.5, 0.6) is 0 Å². The van der Waals surface area contributed by atoms with Crippen LogP contribution in [0.2, 0.25) is 0 Å². The molecule has 1 amide bonds. The number of hydrogen-bond acceptors (Lipinski definition) is 3. The van der Waals surface area contributed by atoms with E-state index in [1.165, 1.54) is 0 Å². The van der Waals surface area contributed by atoms with E-state index in [0.717, 1.165) is 15.8 Å². The molecule has 1 aromatic carbocycles. The number of nitrogens with two attached hydrogens (primary N) is 1. The number of rotatable bonds is 6. The second kappa shape index (κ2) is 9.67. The van der Waals surface area contributed by atoms with Crippen molar-refractivity contribution >= 4 is 46.0 Å². The molecule has 0 aromatic heterocycles. The average Bonchev–Trinajstić information content (AvgIpc) is 2.32. The van der Waals surface area contributed by atoms with E-state index in [1.54, 1.807) is 11.8 Å². The summed E-state index contributed by atoms with van der Waals surface area (Å²) in [5.41, 5.74) is 5.37. The molecule has 0 heterocycles. The van der Waals surface area contributed by atoms with Gasteiger partial charge in [0.2, 0.25) is 5.91 Å². The number of amides is 1. The highest BCUT2D eigenvalue weighted by molar-refractivity contribution is 9.10. The Morgan fingerprint density at radius 3 is 2.61 bits per heavy atom. The number of hydrogen-bond donors (Lipinski definition) is 2. The summed E-state index contributed by atoms with van der Waals surface area (Å²) in [6, 6.07) is 7.94. The van der Waals surface area contributed by atoms with Gasteiger partial charge in [-0.05, 0) is 44.2 Å². The van der Waals surface area contributed by atoms with Crippen LogP contribution >= 0.6 is 40.1 Å². The number of carbonyl (C=O) groups excluding carboxylic acids is 1. The average molecular weight is 354 g/mol. The van der Waals surface area contributed by atoms with Gasteiger partial charge in [-0.2, -0.15) is 0 Å². The second-order valence-corrected chi connectivity index (χ2v) is 5.98. The van der Waals surface area contributed by atoms with Crippen LogP contribution in [0.15, 0.2) is 33.6 Å². The highest BCUT2D eigenvalue weighted by atomic mass is 79.9. The first-order valence-corrected chi connectivity index (χ1v) is 7.20. The molecule has 0 radical (unpaired) electrons. The minimum Gasteiger partial charge on any atom is -0.355 e. The van der Waals surface area contributed by atoms with Crippen molar-refractivity contribution in [3.8, 4) is 0 Å². The smallest absolute Gasteiger partial charge is 0.233 e. The molecular formula is C12H18BrClN2OS. The van der Waals surface area contributed by atoms with Crippen molar-refractivity contribution < 1.29 is 4.79 Å². The first-order valence-electron chi connectivity index (χ1n) is 5.53. The summed E-state index contributed by atoms with van der Waals surface area (Å²) in [4.78, 5) is 12.8. The number of benzene rings is 1. The monoisotopic (exact) mass is 352 g/mol.